The van der Waals surface area contributed by atoms with Crippen LogP contribution in [0.5, 0.6) is 0 Å². The Balaban J connectivity index is 0. The fourth-order valence-electron chi connectivity index (χ4n) is 7.52. The molecule has 1 nitrogen and oxygen atoms in total. The van der Waals surface area contributed by atoms with Crippen LogP contribution in [-0.2, 0) is 0 Å². The lowest BCUT2D eigenvalue weighted by Gasteiger charge is -2.09. The highest BCUT2D eigenvalue weighted by molar-refractivity contribution is 4.57. The van der Waals surface area contributed by atoms with E-state index in [1.54, 1.807) is 0 Å². The van der Waals surface area contributed by atoms with E-state index in [0.717, 1.165) is 0 Å². The molecule has 0 saturated carbocycles. The molecule has 0 aromatic carbocycles. The molecule has 0 aromatic heterocycles. The van der Waals surface area contributed by atoms with Gasteiger partial charge in [-0.1, -0.05) is 258 Å². The van der Waals surface area contributed by atoms with Gasteiger partial charge in [-0.05, 0) is 25.7 Å². The van der Waals surface area contributed by atoms with Crippen molar-refractivity contribution in [2.45, 2.75) is 290 Å². The van der Waals surface area contributed by atoms with E-state index in [4.69, 9.17) is 0 Å². The smallest absolute Gasteiger partial charge is 0.0843 e. The summed E-state index contributed by atoms with van der Waals surface area (Å²) < 4.78 is 0. The van der Waals surface area contributed by atoms with Crippen LogP contribution in [0, 0.1) is 0 Å². The molecule has 47 heavy (non-hydrogen) atoms. The monoisotopic (exact) mass is 684 g/mol. The molecular weight excluding hydrogens is 590 g/mol. The maximum absolute atomic E-state index is 4.48. The van der Waals surface area contributed by atoms with E-state index in [2.05, 4.69) is 19.6 Å². The molecule has 286 valence electrons. The van der Waals surface area contributed by atoms with E-state index in [9.17, 15) is 0 Å². The second-order valence-electron chi connectivity index (χ2n) is 15.9. The number of rotatable bonds is 42. The van der Waals surface area contributed by atoms with Gasteiger partial charge in [0.1, 0.15) is 0 Å². The van der Waals surface area contributed by atoms with Gasteiger partial charge < -0.3 is 18.1 Å². The fraction of sp³-hybridized carbons (Fsp3) is 1.00. The molecule has 0 atom stereocenters. The van der Waals surface area contributed by atoms with Crippen LogP contribution in [0.1, 0.15) is 284 Å². The average molecular weight is 685 g/mol. The minimum atomic E-state index is 0. The SMILES string of the molecule is CCCCCCCCCCCCCCCCCCCCCCC([NH3+])CCCCCCCCCCCCCCCCCCCCCC.[Cl-]. The Bertz CT molecular complexity index is 464. The van der Waals surface area contributed by atoms with Gasteiger partial charge in [0.05, 0.1) is 6.04 Å². The van der Waals surface area contributed by atoms with Gasteiger partial charge in [-0.3, -0.25) is 0 Å². The molecular formula is C45H94ClN. The average Bonchev–Trinajstić information content (AvgIpc) is 3.06. The maximum Gasteiger partial charge on any atom is 0.0843 e. The molecule has 3 N–H and O–H groups in total. The van der Waals surface area contributed by atoms with E-state index >= 15 is 0 Å². The first kappa shape index (κ1) is 49.4. The largest absolute Gasteiger partial charge is 1.00 e. The molecule has 0 unspecified atom stereocenters. The molecule has 0 aliphatic rings. The minimum Gasteiger partial charge on any atom is -1.00 e. The van der Waals surface area contributed by atoms with Crippen molar-refractivity contribution < 1.29 is 18.1 Å². The van der Waals surface area contributed by atoms with Crippen LogP contribution >= 0.6 is 0 Å². The van der Waals surface area contributed by atoms with Crippen LogP contribution in [0.15, 0.2) is 0 Å². The predicted octanol–water partition coefficient (Wildman–Crippen LogP) is 13.0. The van der Waals surface area contributed by atoms with Crippen molar-refractivity contribution in [3.05, 3.63) is 0 Å². The van der Waals surface area contributed by atoms with E-state index in [0.29, 0.717) is 6.04 Å². The summed E-state index contributed by atoms with van der Waals surface area (Å²) in [5, 5.41) is 0. The van der Waals surface area contributed by atoms with E-state index in [1.807, 2.05) is 0 Å². The van der Waals surface area contributed by atoms with Crippen LogP contribution in [0.2, 0.25) is 0 Å². The maximum atomic E-state index is 4.48. The highest BCUT2D eigenvalue weighted by Gasteiger charge is 2.05. The highest BCUT2D eigenvalue weighted by Crippen LogP contribution is 2.17. The summed E-state index contributed by atoms with van der Waals surface area (Å²) in [5.74, 6) is 0. The zero-order valence-corrected chi connectivity index (χ0v) is 34.1. The van der Waals surface area contributed by atoms with Crippen LogP contribution in [-0.4, -0.2) is 6.04 Å². The molecule has 0 aliphatic heterocycles. The summed E-state index contributed by atoms with van der Waals surface area (Å²) in [6, 6.07) is 0.714. The first-order valence-corrected chi connectivity index (χ1v) is 22.6. The van der Waals surface area contributed by atoms with Gasteiger partial charge in [0, 0.05) is 0 Å². The summed E-state index contributed by atoms with van der Waals surface area (Å²) in [5.41, 5.74) is 4.48. The Morgan fingerprint density at radius 3 is 0.511 bits per heavy atom. The third-order valence-corrected chi connectivity index (χ3v) is 10.9. The minimum absolute atomic E-state index is 0. The topological polar surface area (TPSA) is 27.6 Å². The van der Waals surface area contributed by atoms with Gasteiger partial charge in [-0.15, -0.1) is 0 Å². The second-order valence-corrected chi connectivity index (χ2v) is 15.9. The van der Waals surface area contributed by atoms with E-state index in [-0.39, 0.29) is 12.4 Å². The van der Waals surface area contributed by atoms with Crippen molar-refractivity contribution in [1.82, 2.24) is 0 Å². The Morgan fingerprint density at radius 1 is 0.234 bits per heavy atom. The highest BCUT2D eigenvalue weighted by atomic mass is 35.5. The molecule has 0 saturated heterocycles. The summed E-state index contributed by atoms with van der Waals surface area (Å²) in [4.78, 5) is 0. The van der Waals surface area contributed by atoms with E-state index in [1.165, 1.54) is 270 Å². The number of quaternary nitrogens is 1. The molecule has 0 radical (unpaired) electrons. The number of hydrogen-bond acceptors (Lipinski definition) is 0. The van der Waals surface area contributed by atoms with Gasteiger partial charge in [0.25, 0.3) is 0 Å². The van der Waals surface area contributed by atoms with Crippen molar-refractivity contribution in [2.75, 3.05) is 0 Å². The summed E-state index contributed by atoms with van der Waals surface area (Å²) >= 11 is 0. The second kappa shape index (κ2) is 46.2. The Hall–Kier alpha value is 0.250. The first-order valence-electron chi connectivity index (χ1n) is 22.6. The third kappa shape index (κ3) is 46.2. The van der Waals surface area contributed by atoms with Gasteiger partial charge >= 0.3 is 0 Å². The van der Waals surface area contributed by atoms with Crippen molar-refractivity contribution in [1.29, 1.82) is 0 Å². The summed E-state index contributed by atoms with van der Waals surface area (Å²) in [6.07, 6.45) is 61.5. The quantitative estimate of drug-likeness (QED) is 0.0620. The molecule has 0 fully saturated rings. The summed E-state index contributed by atoms with van der Waals surface area (Å²) in [6.45, 7) is 4.62. The van der Waals surface area contributed by atoms with Crippen LogP contribution < -0.4 is 18.1 Å². The number of unbranched alkanes of at least 4 members (excludes halogenated alkanes) is 38. The Kier molecular flexibility index (Phi) is 48.6. The number of hydrogen-bond donors (Lipinski definition) is 1. The predicted molar refractivity (Wildman–Crippen MR) is 212 cm³/mol. The molecule has 0 aliphatic carbocycles. The normalized spacial score (nSPS) is 11.5. The zero-order chi connectivity index (χ0) is 33.3. The van der Waals surface area contributed by atoms with Gasteiger partial charge in [-0.2, -0.15) is 0 Å². The standard InChI is InChI=1S/C45H93N.ClH/c1-3-5-7-9-11-13-15-17-19-21-23-25-27-29-31-33-35-37-39-41-43-45(46)44-42-40-38-36-34-32-30-28-26-24-22-20-18-16-14-12-10-8-6-4-2;/h45H,3-44,46H2,1-2H3;1H. The van der Waals surface area contributed by atoms with Gasteiger partial charge in [0.15, 0.2) is 0 Å². The van der Waals surface area contributed by atoms with Crippen LogP contribution in [0.25, 0.3) is 0 Å². The van der Waals surface area contributed by atoms with Crippen molar-refractivity contribution in [3.63, 3.8) is 0 Å². The van der Waals surface area contributed by atoms with Gasteiger partial charge in [0.2, 0.25) is 0 Å². The lowest BCUT2D eigenvalue weighted by Crippen LogP contribution is -3.00. The Labute approximate surface area is 306 Å². The molecule has 0 spiro atoms. The third-order valence-electron chi connectivity index (χ3n) is 10.9. The molecule has 0 amide bonds. The molecule has 0 bridgehead atoms. The molecule has 0 rings (SSSR count). The lowest BCUT2D eigenvalue weighted by atomic mass is 10.00. The van der Waals surface area contributed by atoms with Crippen LogP contribution in [0.3, 0.4) is 0 Å². The number of halogens is 1. The Morgan fingerprint density at radius 2 is 0.362 bits per heavy atom. The van der Waals surface area contributed by atoms with Crippen molar-refractivity contribution in [2.24, 2.45) is 0 Å². The first-order chi connectivity index (χ1) is 22.8. The molecule has 0 aromatic rings. The van der Waals surface area contributed by atoms with E-state index < -0.39 is 0 Å². The van der Waals surface area contributed by atoms with Crippen LogP contribution in [0.4, 0.5) is 0 Å². The van der Waals surface area contributed by atoms with Crippen molar-refractivity contribution >= 4 is 0 Å². The molecule has 0 heterocycles. The lowest BCUT2D eigenvalue weighted by molar-refractivity contribution is -0.423. The summed E-state index contributed by atoms with van der Waals surface area (Å²) in [7, 11) is 0. The molecule has 2 heteroatoms. The van der Waals surface area contributed by atoms with Crippen molar-refractivity contribution in [3.8, 4) is 0 Å². The fourth-order valence-corrected chi connectivity index (χ4v) is 7.52. The zero-order valence-electron chi connectivity index (χ0n) is 33.4. The van der Waals surface area contributed by atoms with Gasteiger partial charge in [-0.25, -0.2) is 0 Å².